The number of hydrogen-bond acceptors (Lipinski definition) is 8. The van der Waals surface area contributed by atoms with Gasteiger partial charge in [-0.2, -0.15) is 4.31 Å². The van der Waals surface area contributed by atoms with Gasteiger partial charge in [-0.1, -0.05) is 0 Å². The number of amidine groups is 2. The van der Waals surface area contributed by atoms with E-state index in [2.05, 4.69) is 14.1 Å². The van der Waals surface area contributed by atoms with Crippen LogP contribution in [0.15, 0.2) is 18.4 Å². The maximum absolute atomic E-state index is 12.7. The molecule has 2 atom stereocenters. The van der Waals surface area contributed by atoms with Gasteiger partial charge in [-0.25, -0.2) is 12.6 Å². The van der Waals surface area contributed by atoms with Crippen LogP contribution in [-0.2, 0) is 21.2 Å². The molecule has 1 aromatic heterocycles. The van der Waals surface area contributed by atoms with Crippen molar-refractivity contribution in [1.82, 2.24) is 4.31 Å². The summed E-state index contributed by atoms with van der Waals surface area (Å²) in [5.74, 6) is -0.570. The number of aliphatic hydroxyl groups excluding tert-OH is 1. The molecule has 0 radical (unpaired) electrons. The first-order valence-electron chi connectivity index (χ1n) is 6.90. The minimum Gasteiger partial charge on any atom is -0.504 e. The van der Waals surface area contributed by atoms with Gasteiger partial charge >= 0.3 is 0 Å². The van der Waals surface area contributed by atoms with Crippen LogP contribution in [0, 0.1) is 0 Å². The van der Waals surface area contributed by atoms with Crippen LogP contribution in [0.1, 0.15) is 12.8 Å². The smallest absolute Gasteiger partial charge is 0.269 e. The minimum absolute atomic E-state index is 0.000196. The fraction of sp³-hybridized carbons (Fsp3) is 0.455. The van der Waals surface area contributed by atoms with E-state index in [1.165, 1.54) is 9.69 Å². The van der Waals surface area contributed by atoms with Crippen LogP contribution >= 0.6 is 11.3 Å². The van der Waals surface area contributed by atoms with Gasteiger partial charge in [-0.05, 0) is 12.8 Å². The average Bonchev–Trinajstić information content (AvgIpc) is 3.20. The largest absolute Gasteiger partial charge is 0.504 e. The lowest BCUT2D eigenvalue weighted by Crippen LogP contribution is -2.37. The van der Waals surface area contributed by atoms with E-state index in [1.807, 2.05) is 0 Å². The van der Waals surface area contributed by atoms with Crippen molar-refractivity contribution >= 4 is 49.9 Å². The van der Waals surface area contributed by atoms with Crippen LogP contribution in [-0.4, -0.2) is 58.0 Å². The molecule has 13 heteroatoms. The fourth-order valence-electron chi connectivity index (χ4n) is 2.51. The SMILES string of the molecule is NC1=NS(=O)N=C1Nc1csc(S(=O)(=O)N2CCCC2CO)c1O. The Bertz CT molecular complexity index is 846. The molecule has 10 nitrogen and oxygen atoms in total. The highest BCUT2D eigenvalue weighted by Crippen LogP contribution is 2.40. The molecule has 2 unspecified atom stereocenters. The van der Waals surface area contributed by atoms with Crippen LogP contribution in [0.3, 0.4) is 0 Å². The Morgan fingerprint density at radius 3 is 2.88 bits per heavy atom. The molecule has 5 N–H and O–H groups in total. The number of thiophene rings is 1. The van der Waals surface area contributed by atoms with E-state index in [0.717, 1.165) is 11.3 Å². The van der Waals surface area contributed by atoms with Crippen molar-refractivity contribution in [3.05, 3.63) is 5.38 Å². The molecule has 0 saturated carbocycles. The summed E-state index contributed by atoms with van der Waals surface area (Å²) < 4.78 is 44.7. The van der Waals surface area contributed by atoms with Gasteiger partial charge in [0, 0.05) is 18.0 Å². The van der Waals surface area contributed by atoms with Gasteiger partial charge in [-0.15, -0.1) is 20.1 Å². The molecule has 1 aromatic rings. The van der Waals surface area contributed by atoms with Crippen LogP contribution in [0.5, 0.6) is 5.75 Å². The van der Waals surface area contributed by atoms with E-state index < -0.39 is 33.0 Å². The number of nitrogens with two attached hydrogens (primary N) is 1. The molecule has 24 heavy (non-hydrogen) atoms. The van der Waals surface area contributed by atoms with Crippen LogP contribution in [0.2, 0.25) is 0 Å². The second-order valence-corrected chi connectivity index (χ2v) is 8.94. The summed E-state index contributed by atoms with van der Waals surface area (Å²) in [5.41, 5.74) is 5.60. The minimum atomic E-state index is -3.93. The first kappa shape index (κ1) is 17.3. The number of nitrogens with zero attached hydrogens (tertiary/aromatic N) is 3. The van der Waals surface area contributed by atoms with Crippen LogP contribution in [0.4, 0.5) is 5.69 Å². The lowest BCUT2D eigenvalue weighted by molar-refractivity contribution is 0.213. The molecule has 132 valence electrons. The highest BCUT2D eigenvalue weighted by atomic mass is 32.2. The number of rotatable bonds is 4. The van der Waals surface area contributed by atoms with Gasteiger partial charge in [0.25, 0.3) is 21.2 Å². The van der Waals surface area contributed by atoms with Crippen LogP contribution < -0.4 is 11.1 Å². The molecule has 0 amide bonds. The zero-order valence-electron chi connectivity index (χ0n) is 12.2. The Labute approximate surface area is 144 Å². The molecule has 0 aromatic carbocycles. The topological polar surface area (TPSA) is 158 Å². The molecule has 2 aliphatic heterocycles. The molecule has 0 aliphatic carbocycles. The maximum Gasteiger partial charge on any atom is 0.269 e. The number of hydrogen-bond donors (Lipinski definition) is 4. The molecule has 1 saturated heterocycles. The lowest BCUT2D eigenvalue weighted by Gasteiger charge is -2.21. The van der Waals surface area contributed by atoms with E-state index in [4.69, 9.17) is 5.73 Å². The molecule has 3 rings (SSSR count). The highest BCUT2D eigenvalue weighted by molar-refractivity contribution is 7.91. The zero-order valence-corrected chi connectivity index (χ0v) is 14.7. The van der Waals surface area contributed by atoms with Gasteiger partial charge < -0.3 is 21.3 Å². The zero-order chi connectivity index (χ0) is 17.5. The fourth-order valence-corrected chi connectivity index (χ4v) is 6.13. The van der Waals surface area contributed by atoms with Crippen molar-refractivity contribution in [2.45, 2.75) is 23.1 Å². The number of sulfonamides is 1. The van der Waals surface area contributed by atoms with Gasteiger partial charge in [0.15, 0.2) is 21.6 Å². The summed E-state index contributed by atoms with van der Waals surface area (Å²) in [7, 11) is -3.93. The van der Waals surface area contributed by atoms with Gasteiger partial charge in [-0.3, -0.25) is 0 Å². The van der Waals surface area contributed by atoms with Crippen LogP contribution in [0.25, 0.3) is 0 Å². The number of aliphatic hydroxyl groups is 1. The molecule has 3 heterocycles. The molecular formula is C11H15N5O5S3. The van der Waals surface area contributed by atoms with Crippen molar-refractivity contribution < 1.29 is 22.8 Å². The third kappa shape index (κ3) is 2.93. The van der Waals surface area contributed by atoms with E-state index in [0.29, 0.717) is 19.4 Å². The van der Waals surface area contributed by atoms with E-state index in [1.54, 1.807) is 0 Å². The van der Waals surface area contributed by atoms with Crippen molar-refractivity contribution in [3.8, 4) is 5.75 Å². The summed E-state index contributed by atoms with van der Waals surface area (Å²) in [6.07, 6.45) is 1.22. The Balaban J connectivity index is 1.89. The van der Waals surface area contributed by atoms with Crippen molar-refractivity contribution in [2.24, 2.45) is 14.5 Å². The summed E-state index contributed by atoms with van der Waals surface area (Å²) in [4.78, 5) is 0. The van der Waals surface area contributed by atoms with Gasteiger partial charge in [0.2, 0.25) is 0 Å². The standard InChI is InChI=1S/C11H15N5O5S3/c12-9-10(15-23(19)14-9)13-7-5-22-11(8(7)18)24(20,21)16-3-1-2-6(16)4-17/h5-6,17-18H,1-4H2,(H2,12,14)(H,13,15). The lowest BCUT2D eigenvalue weighted by atomic mass is 10.2. The second-order valence-electron chi connectivity index (χ2n) is 5.15. The first-order chi connectivity index (χ1) is 11.3. The predicted octanol–water partition coefficient (Wildman–Crippen LogP) is -0.641. The second kappa shape index (κ2) is 6.40. The highest BCUT2D eigenvalue weighted by Gasteiger charge is 2.38. The third-order valence-electron chi connectivity index (χ3n) is 3.65. The Kier molecular flexibility index (Phi) is 4.61. The van der Waals surface area contributed by atoms with E-state index in [-0.39, 0.29) is 28.2 Å². The molecule has 0 bridgehead atoms. The van der Waals surface area contributed by atoms with Crippen molar-refractivity contribution in [2.75, 3.05) is 18.5 Å². The Hall–Kier alpha value is -1.54. The number of nitrogens with one attached hydrogen (secondary N) is 1. The van der Waals surface area contributed by atoms with Gasteiger partial charge in [0.05, 0.1) is 12.3 Å². The van der Waals surface area contributed by atoms with E-state index in [9.17, 15) is 22.8 Å². The van der Waals surface area contributed by atoms with Crippen molar-refractivity contribution in [3.63, 3.8) is 0 Å². The van der Waals surface area contributed by atoms with Gasteiger partial charge in [0.1, 0.15) is 0 Å². The third-order valence-corrected chi connectivity index (χ3v) is 7.78. The van der Waals surface area contributed by atoms with Crippen molar-refractivity contribution in [1.29, 1.82) is 0 Å². The molecule has 1 fully saturated rings. The quantitative estimate of drug-likeness (QED) is 0.529. The summed E-state index contributed by atoms with van der Waals surface area (Å²) in [6.45, 7) is 0.0189. The summed E-state index contributed by atoms with van der Waals surface area (Å²) in [5, 5.41) is 23.6. The summed E-state index contributed by atoms with van der Waals surface area (Å²) >= 11 is -0.993. The molecule has 0 spiro atoms. The summed E-state index contributed by atoms with van der Waals surface area (Å²) in [6, 6.07) is -0.489. The predicted molar refractivity (Wildman–Crippen MR) is 90.8 cm³/mol. The molecule has 2 aliphatic rings. The average molecular weight is 393 g/mol. The Morgan fingerprint density at radius 1 is 1.50 bits per heavy atom. The molecular weight excluding hydrogens is 378 g/mol. The number of anilines is 1. The van der Waals surface area contributed by atoms with E-state index >= 15 is 0 Å². The Morgan fingerprint density at radius 2 is 2.25 bits per heavy atom. The normalized spacial score (nSPS) is 24.9. The first-order valence-corrected chi connectivity index (χ1v) is 10.3. The monoisotopic (exact) mass is 393 g/mol. The number of aromatic hydroxyl groups is 1. The maximum atomic E-state index is 12.7.